The van der Waals surface area contributed by atoms with Crippen LogP contribution in [0.15, 0.2) is 18.3 Å². The fourth-order valence-corrected chi connectivity index (χ4v) is 2.09. The van der Waals surface area contributed by atoms with Crippen LogP contribution in [0.3, 0.4) is 0 Å². The molecular weight excluding hydrogens is 234 g/mol. The lowest BCUT2D eigenvalue weighted by Crippen LogP contribution is -2.39. The van der Waals surface area contributed by atoms with Crippen molar-refractivity contribution in [3.05, 3.63) is 24.0 Å². The van der Waals surface area contributed by atoms with Gasteiger partial charge in [0.15, 0.2) is 0 Å². The summed E-state index contributed by atoms with van der Waals surface area (Å²) in [5, 5.41) is 13.0. The quantitative estimate of drug-likeness (QED) is 0.792. The summed E-state index contributed by atoms with van der Waals surface area (Å²) >= 11 is 0. The highest BCUT2D eigenvalue weighted by Gasteiger charge is 2.32. The Bertz CT molecular complexity index is 493. The number of rotatable bonds is 3. The first-order chi connectivity index (χ1) is 8.59. The second-order valence-electron chi connectivity index (χ2n) is 4.24. The summed E-state index contributed by atoms with van der Waals surface area (Å²) in [6.45, 7) is 0.505. The normalized spacial score (nSPS) is 19.6. The zero-order valence-electron chi connectivity index (χ0n) is 10.1. The summed E-state index contributed by atoms with van der Waals surface area (Å²) in [5.74, 6) is -1.20. The van der Waals surface area contributed by atoms with Gasteiger partial charge in [0.2, 0.25) is 5.91 Å². The molecule has 1 saturated heterocycles. The highest BCUT2D eigenvalue weighted by molar-refractivity contribution is 5.94. The lowest BCUT2D eigenvalue weighted by atomic mass is 10.2. The smallest absolute Gasteiger partial charge is 0.326 e. The Labute approximate surface area is 105 Å². The molecular formula is C12H15N3O3. The summed E-state index contributed by atoms with van der Waals surface area (Å²) in [5.41, 5.74) is 0.800. The predicted molar refractivity (Wildman–Crippen MR) is 64.6 cm³/mol. The van der Waals surface area contributed by atoms with Crippen LogP contribution in [0.4, 0.5) is 0 Å². The molecule has 1 unspecified atom stereocenters. The van der Waals surface area contributed by atoms with Crippen molar-refractivity contribution < 1.29 is 14.7 Å². The maximum Gasteiger partial charge on any atom is 0.326 e. The largest absolute Gasteiger partial charge is 0.480 e. The highest BCUT2D eigenvalue weighted by atomic mass is 16.4. The molecule has 1 N–H and O–H groups in total. The Morgan fingerprint density at radius 1 is 1.56 bits per heavy atom. The molecule has 1 aromatic heterocycles. The highest BCUT2D eigenvalue weighted by Crippen LogP contribution is 2.18. The van der Waals surface area contributed by atoms with Gasteiger partial charge in [-0.05, 0) is 25.0 Å². The molecule has 0 aromatic carbocycles. The van der Waals surface area contributed by atoms with E-state index in [0.717, 1.165) is 12.1 Å². The molecule has 6 heteroatoms. The Hall–Kier alpha value is -2.11. The summed E-state index contributed by atoms with van der Waals surface area (Å²) in [6, 6.07) is 1.09. The van der Waals surface area contributed by atoms with Crippen LogP contribution >= 0.6 is 0 Å². The molecule has 1 aromatic rings. The van der Waals surface area contributed by atoms with Crippen LogP contribution in [0.1, 0.15) is 18.5 Å². The molecule has 96 valence electrons. The van der Waals surface area contributed by atoms with Crippen molar-refractivity contribution in [3.8, 4) is 0 Å². The second-order valence-corrected chi connectivity index (χ2v) is 4.24. The fourth-order valence-electron chi connectivity index (χ4n) is 2.09. The zero-order chi connectivity index (χ0) is 13.1. The van der Waals surface area contributed by atoms with E-state index in [1.807, 2.05) is 0 Å². The topological polar surface area (TPSA) is 75.4 Å². The Morgan fingerprint density at radius 3 is 2.94 bits per heavy atom. The molecule has 1 fully saturated rings. The summed E-state index contributed by atoms with van der Waals surface area (Å²) in [4.78, 5) is 24.3. The minimum atomic E-state index is -0.935. The van der Waals surface area contributed by atoms with Crippen LogP contribution in [0, 0.1) is 0 Å². The van der Waals surface area contributed by atoms with Gasteiger partial charge in [-0.1, -0.05) is 0 Å². The molecule has 0 saturated carbocycles. The van der Waals surface area contributed by atoms with Crippen molar-refractivity contribution >= 4 is 18.0 Å². The number of carbonyl (C=O) groups is 2. The molecule has 2 rings (SSSR count). The summed E-state index contributed by atoms with van der Waals surface area (Å²) in [6.07, 6.45) is 5.95. The van der Waals surface area contributed by atoms with Crippen molar-refractivity contribution in [2.24, 2.45) is 7.05 Å². The minimum absolute atomic E-state index is 0.263. The number of hydrogen-bond donors (Lipinski definition) is 1. The average Bonchev–Trinajstić information content (AvgIpc) is 2.94. The average molecular weight is 249 g/mol. The molecule has 2 heterocycles. The van der Waals surface area contributed by atoms with Crippen LogP contribution in [0.5, 0.6) is 0 Å². The zero-order valence-corrected chi connectivity index (χ0v) is 10.1. The van der Waals surface area contributed by atoms with Crippen molar-refractivity contribution in [3.63, 3.8) is 0 Å². The van der Waals surface area contributed by atoms with Gasteiger partial charge < -0.3 is 10.0 Å². The van der Waals surface area contributed by atoms with Crippen LogP contribution in [-0.4, -0.2) is 44.3 Å². The minimum Gasteiger partial charge on any atom is -0.480 e. The number of hydrogen-bond acceptors (Lipinski definition) is 3. The first-order valence-corrected chi connectivity index (χ1v) is 5.79. The van der Waals surface area contributed by atoms with E-state index in [0.29, 0.717) is 13.0 Å². The van der Waals surface area contributed by atoms with Gasteiger partial charge in [0.25, 0.3) is 0 Å². The number of aryl methyl sites for hydroxylation is 1. The number of aliphatic carboxylic acids is 1. The molecule has 18 heavy (non-hydrogen) atoms. The third kappa shape index (κ3) is 2.42. The van der Waals surface area contributed by atoms with Gasteiger partial charge in [0, 0.05) is 25.9 Å². The molecule has 0 spiro atoms. The Morgan fingerprint density at radius 2 is 2.33 bits per heavy atom. The molecule has 0 aliphatic carbocycles. The summed E-state index contributed by atoms with van der Waals surface area (Å²) in [7, 11) is 1.78. The van der Waals surface area contributed by atoms with E-state index in [2.05, 4.69) is 5.10 Å². The Kier molecular flexibility index (Phi) is 3.45. The van der Waals surface area contributed by atoms with Crippen molar-refractivity contribution in [2.75, 3.05) is 6.54 Å². The molecule has 1 atom stereocenters. The summed E-state index contributed by atoms with van der Waals surface area (Å²) < 4.78 is 1.64. The fraction of sp³-hybridized carbons (Fsp3) is 0.417. The molecule has 1 aliphatic heterocycles. The number of amides is 1. The number of carboxylic acids is 1. The standard InChI is InChI=1S/C12H15N3O3/c1-14-9(6-7-13-14)4-5-11(16)15-8-2-3-10(15)12(17)18/h4-7,10H,2-3,8H2,1H3,(H,17,18). The van der Waals surface area contributed by atoms with Crippen molar-refractivity contribution in [1.29, 1.82) is 0 Å². The van der Waals surface area contributed by atoms with Crippen LogP contribution in [0.25, 0.3) is 6.08 Å². The molecule has 0 bridgehead atoms. The molecule has 0 radical (unpaired) electrons. The van der Waals surface area contributed by atoms with E-state index < -0.39 is 12.0 Å². The monoisotopic (exact) mass is 249 g/mol. The SMILES string of the molecule is Cn1nccc1C=CC(=O)N1CCCC1C(=O)O. The van der Waals surface area contributed by atoms with Gasteiger partial charge >= 0.3 is 5.97 Å². The van der Waals surface area contributed by atoms with E-state index in [1.165, 1.54) is 11.0 Å². The van der Waals surface area contributed by atoms with Gasteiger partial charge in [-0.2, -0.15) is 5.10 Å². The molecule has 1 aliphatic rings. The molecule has 1 amide bonds. The van der Waals surface area contributed by atoms with E-state index >= 15 is 0 Å². The third-order valence-corrected chi connectivity index (χ3v) is 3.08. The number of likely N-dealkylation sites (tertiary alicyclic amines) is 1. The number of carboxylic acid groups (broad SMARTS) is 1. The van der Waals surface area contributed by atoms with Crippen LogP contribution in [-0.2, 0) is 16.6 Å². The number of nitrogens with zero attached hydrogens (tertiary/aromatic N) is 3. The Balaban J connectivity index is 2.06. The van der Waals surface area contributed by atoms with E-state index in [9.17, 15) is 9.59 Å². The lowest BCUT2D eigenvalue weighted by Gasteiger charge is -2.19. The third-order valence-electron chi connectivity index (χ3n) is 3.08. The van der Waals surface area contributed by atoms with Crippen LogP contribution in [0.2, 0.25) is 0 Å². The van der Waals surface area contributed by atoms with E-state index in [1.54, 1.807) is 30.1 Å². The van der Waals surface area contributed by atoms with Gasteiger partial charge in [0.05, 0.1) is 5.69 Å². The molecule has 6 nitrogen and oxygen atoms in total. The first kappa shape index (κ1) is 12.3. The lowest BCUT2D eigenvalue weighted by molar-refractivity contribution is -0.146. The van der Waals surface area contributed by atoms with Crippen LogP contribution < -0.4 is 0 Å². The maximum atomic E-state index is 11.9. The van der Waals surface area contributed by atoms with Gasteiger partial charge in [-0.25, -0.2) is 4.79 Å². The maximum absolute atomic E-state index is 11.9. The van der Waals surface area contributed by atoms with Gasteiger partial charge in [-0.3, -0.25) is 9.48 Å². The van der Waals surface area contributed by atoms with E-state index in [-0.39, 0.29) is 5.91 Å². The second kappa shape index (κ2) is 5.03. The predicted octanol–water partition coefficient (Wildman–Crippen LogP) is 0.509. The number of aromatic nitrogens is 2. The number of carbonyl (C=O) groups excluding carboxylic acids is 1. The first-order valence-electron chi connectivity index (χ1n) is 5.79. The van der Waals surface area contributed by atoms with E-state index in [4.69, 9.17) is 5.11 Å². The van der Waals surface area contributed by atoms with Gasteiger partial charge in [-0.15, -0.1) is 0 Å². The van der Waals surface area contributed by atoms with Gasteiger partial charge in [0.1, 0.15) is 6.04 Å². The van der Waals surface area contributed by atoms with Crippen molar-refractivity contribution in [1.82, 2.24) is 14.7 Å². The van der Waals surface area contributed by atoms with Crippen molar-refractivity contribution in [2.45, 2.75) is 18.9 Å².